The molecule has 0 bridgehead atoms. The van der Waals surface area contributed by atoms with Gasteiger partial charge in [-0.3, -0.25) is 0 Å². The molecule has 0 aliphatic carbocycles. The number of rotatable bonds is 7. The summed E-state index contributed by atoms with van der Waals surface area (Å²) >= 11 is 1.21. The van der Waals surface area contributed by atoms with Crippen molar-refractivity contribution in [2.24, 2.45) is 4.99 Å². The van der Waals surface area contributed by atoms with Gasteiger partial charge in [0, 0.05) is 65.3 Å². The molecule has 218 valence electrons. The second-order valence-electron chi connectivity index (χ2n) is 11.0. The number of likely N-dealkylation sites (N-methyl/N-ethyl adjacent to an activating group) is 1. The van der Waals surface area contributed by atoms with Crippen LogP contribution in [0.2, 0.25) is 0 Å². The smallest absolute Gasteiger partial charge is 0.527 e. The molecule has 0 atom stereocenters. The Morgan fingerprint density at radius 3 is 2.81 bits per heavy atom. The van der Waals surface area contributed by atoms with E-state index in [1.54, 1.807) is 18.9 Å². The summed E-state index contributed by atoms with van der Waals surface area (Å²) in [6.45, 7) is 6.45. The maximum absolute atomic E-state index is 15.6. The summed E-state index contributed by atoms with van der Waals surface area (Å²) in [6.07, 6.45) is 5.60. The SMILES string of the molecule is CN(C)C1(C)CN([CH-]/N=C(/NCC2=CC=CNN2)c2[c-]c(O)c(-c3c(F)ccc4sc(N)c(C#N)c34)c3c2COC3)C1.[K+]. The van der Waals surface area contributed by atoms with Crippen molar-refractivity contribution in [1.82, 2.24) is 26.0 Å². The number of phenols is 1. The fourth-order valence-corrected chi connectivity index (χ4v) is 6.42. The first-order valence-corrected chi connectivity index (χ1v) is 14.2. The number of aromatic hydroxyl groups is 1. The normalized spacial score (nSPS) is 17.3. The van der Waals surface area contributed by atoms with Crippen molar-refractivity contribution in [3.8, 4) is 22.9 Å². The predicted octanol–water partition coefficient (Wildman–Crippen LogP) is 0.298. The number of thiophene rings is 1. The van der Waals surface area contributed by atoms with Gasteiger partial charge in [0.15, 0.2) is 0 Å². The fraction of sp³-hybridized carbons (Fsp3) is 0.300. The average molecular weight is 626 g/mol. The van der Waals surface area contributed by atoms with Gasteiger partial charge in [0.25, 0.3) is 0 Å². The molecular formula is C30H31FKN8O2S-. The van der Waals surface area contributed by atoms with E-state index in [9.17, 15) is 10.4 Å². The number of benzene rings is 2. The van der Waals surface area contributed by atoms with Gasteiger partial charge < -0.3 is 46.5 Å². The first-order chi connectivity index (χ1) is 20.2. The van der Waals surface area contributed by atoms with E-state index in [-0.39, 0.29) is 92.6 Å². The molecule has 1 saturated heterocycles. The number of nitriles is 1. The third kappa shape index (κ3) is 5.92. The molecule has 0 unspecified atom stereocenters. The zero-order valence-electron chi connectivity index (χ0n) is 24.5. The van der Waals surface area contributed by atoms with Crippen LogP contribution in [0.5, 0.6) is 5.75 Å². The molecule has 43 heavy (non-hydrogen) atoms. The molecule has 0 radical (unpaired) electrons. The zero-order valence-corrected chi connectivity index (χ0v) is 28.4. The van der Waals surface area contributed by atoms with E-state index in [1.807, 2.05) is 12.2 Å². The molecule has 13 heteroatoms. The maximum Gasteiger partial charge on any atom is 1.00 e. The summed E-state index contributed by atoms with van der Waals surface area (Å²) in [5.74, 6) is -0.335. The van der Waals surface area contributed by atoms with E-state index in [4.69, 9.17) is 15.5 Å². The number of nitrogens with zero attached hydrogens (tertiary/aromatic N) is 4. The molecule has 4 heterocycles. The van der Waals surface area contributed by atoms with Crippen molar-refractivity contribution < 1.29 is 65.6 Å². The summed E-state index contributed by atoms with van der Waals surface area (Å²) in [5, 5.41) is 25.3. The molecule has 0 spiro atoms. The van der Waals surface area contributed by atoms with E-state index in [0.29, 0.717) is 38.6 Å². The van der Waals surface area contributed by atoms with Gasteiger partial charge in [-0.05, 0) is 56.4 Å². The maximum atomic E-state index is 15.6. The van der Waals surface area contributed by atoms with Crippen LogP contribution in [0.3, 0.4) is 0 Å². The van der Waals surface area contributed by atoms with Crippen LogP contribution in [0.15, 0.2) is 41.2 Å². The van der Waals surface area contributed by atoms with E-state index < -0.39 is 5.82 Å². The Balaban J connectivity index is 0.00000368. The number of hydrazine groups is 1. The Labute approximate surface area is 296 Å². The number of hydrogen-bond acceptors (Lipinski definition) is 10. The number of halogens is 1. The third-order valence-corrected chi connectivity index (χ3v) is 9.03. The van der Waals surface area contributed by atoms with Crippen LogP contribution < -0.4 is 73.3 Å². The number of fused-ring (bicyclic) bond motifs is 2. The first kappa shape index (κ1) is 31.8. The van der Waals surface area contributed by atoms with Gasteiger partial charge in [0.05, 0.1) is 12.2 Å². The van der Waals surface area contributed by atoms with Crippen LogP contribution in [0.1, 0.15) is 29.2 Å². The fourth-order valence-electron chi connectivity index (χ4n) is 5.49. The largest absolute Gasteiger partial charge is 1.00 e. The number of nitrogens with two attached hydrogens (primary N) is 1. The number of likely N-dealkylation sites (tertiary alicyclic amines) is 1. The van der Waals surface area contributed by atoms with E-state index >= 15 is 4.39 Å². The Morgan fingerprint density at radius 1 is 1.35 bits per heavy atom. The number of nitrogen functional groups attached to an aromatic ring is 1. The molecule has 0 saturated carbocycles. The van der Waals surface area contributed by atoms with Gasteiger partial charge in [0.1, 0.15) is 16.9 Å². The van der Waals surface area contributed by atoms with Crippen molar-refractivity contribution in [1.29, 1.82) is 5.26 Å². The zero-order chi connectivity index (χ0) is 29.6. The summed E-state index contributed by atoms with van der Waals surface area (Å²) in [4.78, 5) is 9.13. The molecule has 3 aliphatic heterocycles. The summed E-state index contributed by atoms with van der Waals surface area (Å²) < 4.78 is 22.1. The molecule has 2 aromatic carbocycles. The molecule has 6 N–H and O–H groups in total. The topological polar surface area (TPSA) is 134 Å². The average Bonchev–Trinajstić information content (AvgIpc) is 3.56. The van der Waals surface area contributed by atoms with Crippen LogP contribution in [-0.2, 0) is 18.0 Å². The van der Waals surface area contributed by atoms with Crippen molar-refractivity contribution in [2.45, 2.75) is 25.7 Å². The second kappa shape index (κ2) is 12.8. The van der Waals surface area contributed by atoms with Crippen LogP contribution in [-0.4, -0.2) is 60.0 Å². The molecule has 0 amide bonds. The minimum atomic E-state index is -0.569. The summed E-state index contributed by atoms with van der Waals surface area (Å²) in [5.41, 5.74) is 15.6. The van der Waals surface area contributed by atoms with Crippen molar-refractivity contribution >= 4 is 32.3 Å². The Morgan fingerprint density at radius 2 is 2.12 bits per heavy atom. The standard InChI is InChI=1S/C30H31FN8O2S.K/c1-30(38(2)3)14-39(15-30)16-35-29(34-11-17-5-4-8-36-37-17)18-9-23(40)25(21-13-41-12-20(18)21)27-22(31)6-7-24-26(27)19(10-32)28(33)42-24;/h4-8,16,36-37,40H,11-15,33H2,1-3H3,(H,34,35);/q-2;+1. The number of anilines is 1. The van der Waals surface area contributed by atoms with E-state index in [2.05, 4.69) is 59.1 Å². The molecular weight excluding hydrogens is 595 g/mol. The van der Waals surface area contributed by atoms with Gasteiger partial charge in [0.2, 0.25) is 0 Å². The minimum absolute atomic E-state index is 0. The predicted molar refractivity (Wildman–Crippen MR) is 161 cm³/mol. The number of allylic oxidation sites excluding steroid dienone is 2. The number of hydrogen-bond donors (Lipinski definition) is 5. The van der Waals surface area contributed by atoms with Crippen LogP contribution >= 0.6 is 11.3 Å². The molecule has 1 aromatic heterocycles. The minimum Gasteiger partial charge on any atom is -0.527 e. The number of aliphatic imine (C=N–C) groups is 1. The molecule has 10 nitrogen and oxygen atoms in total. The van der Waals surface area contributed by atoms with Crippen molar-refractivity contribution in [3.63, 3.8) is 0 Å². The van der Waals surface area contributed by atoms with Gasteiger partial charge in [-0.25, -0.2) is 4.39 Å². The first-order valence-electron chi connectivity index (χ1n) is 13.4. The van der Waals surface area contributed by atoms with E-state index in [0.717, 1.165) is 24.4 Å². The number of amidine groups is 1. The summed E-state index contributed by atoms with van der Waals surface area (Å²) in [6, 6.07) is 8.11. The Hall–Kier alpha value is -2.64. The van der Waals surface area contributed by atoms with Crippen LogP contribution in [0, 0.1) is 29.9 Å². The van der Waals surface area contributed by atoms with Crippen LogP contribution in [0.4, 0.5) is 9.39 Å². The van der Waals surface area contributed by atoms with E-state index in [1.165, 1.54) is 17.4 Å². The van der Waals surface area contributed by atoms with Gasteiger partial charge in [-0.1, -0.05) is 23.9 Å². The molecule has 1 fully saturated rings. The second-order valence-corrected chi connectivity index (χ2v) is 12.1. The Bertz CT molecular complexity index is 1700. The summed E-state index contributed by atoms with van der Waals surface area (Å²) in [7, 11) is 4.13. The van der Waals surface area contributed by atoms with Gasteiger partial charge in [-0.15, -0.1) is 16.9 Å². The monoisotopic (exact) mass is 625 g/mol. The van der Waals surface area contributed by atoms with Gasteiger partial charge in [-0.2, -0.15) is 5.26 Å². The molecule has 3 aliphatic rings. The quantitative estimate of drug-likeness (QED) is 0.109. The number of ether oxygens (including phenoxy) is 1. The van der Waals surface area contributed by atoms with Crippen molar-refractivity contribution in [2.75, 3.05) is 39.5 Å². The third-order valence-electron chi connectivity index (χ3n) is 8.05. The van der Waals surface area contributed by atoms with Gasteiger partial charge >= 0.3 is 51.4 Å². The number of phenolic OH excluding ortho intramolecular Hbond substituents is 1. The van der Waals surface area contributed by atoms with Crippen molar-refractivity contribution in [3.05, 3.63) is 77.0 Å². The van der Waals surface area contributed by atoms with Crippen LogP contribution in [0.25, 0.3) is 21.2 Å². The number of nitrogens with one attached hydrogen (secondary N) is 3. The Kier molecular flexibility index (Phi) is 9.43. The molecule has 3 aromatic rings. The molecule has 6 rings (SSSR count).